The Labute approximate surface area is 95.6 Å². The van der Waals surface area contributed by atoms with Gasteiger partial charge in [-0.05, 0) is 24.6 Å². The number of rotatable bonds is 2. The molecule has 0 saturated carbocycles. The van der Waals surface area contributed by atoms with Crippen LogP contribution in [-0.4, -0.2) is 31.9 Å². The van der Waals surface area contributed by atoms with Crippen LogP contribution in [0.15, 0.2) is 18.2 Å². The van der Waals surface area contributed by atoms with Gasteiger partial charge in [0.05, 0.1) is 17.8 Å². The van der Waals surface area contributed by atoms with Gasteiger partial charge in [0, 0.05) is 13.6 Å². The summed E-state index contributed by atoms with van der Waals surface area (Å²) in [7, 11) is 2.02. The average Bonchev–Trinajstić information content (AvgIpc) is 2.29. The summed E-state index contributed by atoms with van der Waals surface area (Å²) >= 11 is 0. The number of likely N-dealkylation sites (N-methyl/N-ethyl adjacent to an activating group) is 1. The molecule has 3 N–H and O–H groups in total. The lowest BCUT2D eigenvalue weighted by Gasteiger charge is -2.30. The van der Waals surface area contributed by atoms with Gasteiger partial charge in [0.2, 0.25) is 0 Å². The first kappa shape index (κ1) is 11.2. The molecule has 0 aliphatic carbocycles. The fourth-order valence-electron chi connectivity index (χ4n) is 1.80. The summed E-state index contributed by atoms with van der Waals surface area (Å²) in [6.45, 7) is 3.49. The Morgan fingerprint density at radius 3 is 3.00 bits per heavy atom. The summed E-state index contributed by atoms with van der Waals surface area (Å²) in [5.74, 6) is 0.866. The Hall–Kier alpha value is -1.26. The van der Waals surface area contributed by atoms with Crippen LogP contribution >= 0.6 is 0 Å². The zero-order chi connectivity index (χ0) is 11.8. The first-order chi connectivity index (χ1) is 7.54. The third-order valence-electron chi connectivity index (χ3n) is 3.07. The van der Waals surface area contributed by atoms with Crippen LogP contribution in [-0.2, 0) is 5.60 Å². The standard InChI is InChI=1S/C12H18N2O2/c1-12(15,8-13)9-3-4-11-10(7-9)14(2)5-6-16-11/h3-4,7,15H,5-6,8,13H2,1-2H3. The molecule has 4 heteroatoms. The summed E-state index contributed by atoms with van der Waals surface area (Å²) in [6.07, 6.45) is 0. The van der Waals surface area contributed by atoms with Crippen LogP contribution in [0.4, 0.5) is 5.69 Å². The SMILES string of the molecule is CN1CCOc2ccc(C(C)(O)CN)cc21. The molecule has 1 atom stereocenters. The lowest BCUT2D eigenvalue weighted by molar-refractivity contribution is 0.0668. The molecule has 88 valence electrons. The van der Waals surface area contributed by atoms with Gasteiger partial charge < -0.3 is 20.5 Å². The number of fused-ring (bicyclic) bond motifs is 1. The zero-order valence-electron chi connectivity index (χ0n) is 9.73. The Kier molecular flexibility index (Phi) is 2.78. The zero-order valence-corrected chi connectivity index (χ0v) is 9.73. The number of benzene rings is 1. The number of nitrogens with zero attached hydrogens (tertiary/aromatic N) is 1. The Bertz CT molecular complexity index is 391. The second-order valence-electron chi connectivity index (χ2n) is 4.43. The van der Waals surface area contributed by atoms with Gasteiger partial charge in [-0.2, -0.15) is 0 Å². The second kappa shape index (κ2) is 3.96. The number of nitrogens with two attached hydrogens (primary N) is 1. The van der Waals surface area contributed by atoms with Crippen LogP contribution in [0.2, 0.25) is 0 Å². The molecule has 1 aromatic rings. The van der Waals surface area contributed by atoms with Crippen molar-refractivity contribution in [1.82, 2.24) is 0 Å². The molecule has 1 heterocycles. The van der Waals surface area contributed by atoms with Crippen LogP contribution in [0.1, 0.15) is 12.5 Å². The van der Waals surface area contributed by atoms with Crippen molar-refractivity contribution in [2.24, 2.45) is 5.73 Å². The number of ether oxygens (including phenoxy) is 1. The van der Waals surface area contributed by atoms with Crippen LogP contribution < -0.4 is 15.4 Å². The highest BCUT2D eigenvalue weighted by Gasteiger charge is 2.24. The van der Waals surface area contributed by atoms with Crippen molar-refractivity contribution < 1.29 is 9.84 Å². The van der Waals surface area contributed by atoms with Crippen molar-refractivity contribution in [2.75, 3.05) is 31.6 Å². The first-order valence-corrected chi connectivity index (χ1v) is 5.45. The van der Waals surface area contributed by atoms with E-state index >= 15 is 0 Å². The third kappa shape index (κ3) is 1.86. The molecule has 2 rings (SSSR count). The van der Waals surface area contributed by atoms with Gasteiger partial charge in [0.1, 0.15) is 12.4 Å². The lowest BCUT2D eigenvalue weighted by atomic mass is 9.95. The van der Waals surface area contributed by atoms with E-state index in [1.165, 1.54) is 0 Å². The molecule has 0 saturated heterocycles. The highest BCUT2D eigenvalue weighted by molar-refractivity contribution is 5.61. The minimum absolute atomic E-state index is 0.205. The van der Waals surface area contributed by atoms with E-state index in [-0.39, 0.29) is 6.54 Å². The van der Waals surface area contributed by atoms with Gasteiger partial charge in [-0.15, -0.1) is 0 Å². The van der Waals surface area contributed by atoms with E-state index in [0.29, 0.717) is 6.61 Å². The van der Waals surface area contributed by atoms with E-state index in [2.05, 4.69) is 4.90 Å². The molecule has 0 fully saturated rings. The van der Waals surface area contributed by atoms with Gasteiger partial charge in [-0.3, -0.25) is 0 Å². The van der Waals surface area contributed by atoms with E-state index in [4.69, 9.17) is 10.5 Å². The lowest BCUT2D eigenvalue weighted by Crippen LogP contribution is -2.33. The first-order valence-electron chi connectivity index (χ1n) is 5.45. The normalized spacial score (nSPS) is 18.6. The molecule has 4 nitrogen and oxygen atoms in total. The summed E-state index contributed by atoms with van der Waals surface area (Å²) in [5.41, 5.74) is 6.41. The molecule has 1 unspecified atom stereocenters. The summed E-state index contributed by atoms with van der Waals surface area (Å²) in [5, 5.41) is 10.1. The second-order valence-corrected chi connectivity index (χ2v) is 4.43. The van der Waals surface area contributed by atoms with E-state index < -0.39 is 5.60 Å². The number of aliphatic hydroxyl groups is 1. The van der Waals surface area contributed by atoms with Gasteiger partial charge in [-0.1, -0.05) is 6.07 Å². The monoisotopic (exact) mass is 222 g/mol. The van der Waals surface area contributed by atoms with E-state index in [1.54, 1.807) is 6.92 Å². The fraction of sp³-hybridized carbons (Fsp3) is 0.500. The van der Waals surface area contributed by atoms with Crippen LogP contribution in [0.3, 0.4) is 0 Å². The molecule has 0 amide bonds. The summed E-state index contributed by atoms with van der Waals surface area (Å²) < 4.78 is 5.54. The predicted molar refractivity (Wildman–Crippen MR) is 63.8 cm³/mol. The average molecular weight is 222 g/mol. The van der Waals surface area contributed by atoms with Crippen LogP contribution in [0.25, 0.3) is 0 Å². The minimum Gasteiger partial charge on any atom is -0.490 e. The molecule has 1 aromatic carbocycles. The smallest absolute Gasteiger partial charge is 0.142 e. The molecule has 0 spiro atoms. The largest absolute Gasteiger partial charge is 0.490 e. The predicted octanol–water partition coefficient (Wildman–Crippen LogP) is 0.681. The Morgan fingerprint density at radius 2 is 2.31 bits per heavy atom. The number of hydrogen-bond donors (Lipinski definition) is 2. The third-order valence-corrected chi connectivity index (χ3v) is 3.07. The molecule has 0 aromatic heterocycles. The van der Waals surface area contributed by atoms with E-state index in [1.807, 2.05) is 25.2 Å². The topological polar surface area (TPSA) is 58.7 Å². The highest BCUT2D eigenvalue weighted by Crippen LogP contribution is 2.34. The van der Waals surface area contributed by atoms with Crippen molar-refractivity contribution in [3.8, 4) is 5.75 Å². The maximum absolute atomic E-state index is 10.1. The van der Waals surface area contributed by atoms with Crippen LogP contribution in [0, 0.1) is 0 Å². The number of hydrogen-bond acceptors (Lipinski definition) is 4. The number of anilines is 1. The van der Waals surface area contributed by atoms with Crippen molar-refractivity contribution in [3.05, 3.63) is 23.8 Å². The quantitative estimate of drug-likeness (QED) is 0.772. The maximum Gasteiger partial charge on any atom is 0.142 e. The van der Waals surface area contributed by atoms with Gasteiger partial charge in [0.25, 0.3) is 0 Å². The van der Waals surface area contributed by atoms with Gasteiger partial charge in [0.15, 0.2) is 0 Å². The van der Waals surface area contributed by atoms with Crippen molar-refractivity contribution in [2.45, 2.75) is 12.5 Å². The Balaban J connectivity index is 2.41. The maximum atomic E-state index is 10.1. The molecule has 0 radical (unpaired) electrons. The minimum atomic E-state index is -0.979. The van der Waals surface area contributed by atoms with Gasteiger partial charge in [-0.25, -0.2) is 0 Å². The summed E-state index contributed by atoms with van der Waals surface area (Å²) in [6, 6.07) is 5.71. The van der Waals surface area contributed by atoms with Crippen LogP contribution in [0.5, 0.6) is 5.75 Å². The molecule has 0 bridgehead atoms. The highest BCUT2D eigenvalue weighted by atomic mass is 16.5. The van der Waals surface area contributed by atoms with Gasteiger partial charge >= 0.3 is 0 Å². The molecular formula is C12H18N2O2. The van der Waals surface area contributed by atoms with E-state index in [9.17, 15) is 5.11 Å². The van der Waals surface area contributed by atoms with Crippen molar-refractivity contribution in [3.63, 3.8) is 0 Å². The fourth-order valence-corrected chi connectivity index (χ4v) is 1.80. The molecule has 1 aliphatic heterocycles. The molecular weight excluding hydrogens is 204 g/mol. The molecule has 1 aliphatic rings. The molecule has 16 heavy (non-hydrogen) atoms. The van der Waals surface area contributed by atoms with E-state index in [0.717, 1.165) is 23.5 Å². The summed E-state index contributed by atoms with van der Waals surface area (Å²) in [4.78, 5) is 2.12. The van der Waals surface area contributed by atoms with Crippen molar-refractivity contribution >= 4 is 5.69 Å². The van der Waals surface area contributed by atoms with Crippen molar-refractivity contribution in [1.29, 1.82) is 0 Å². The Morgan fingerprint density at radius 1 is 1.56 bits per heavy atom.